The zero-order chi connectivity index (χ0) is 13.7. The van der Waals surface area contributed by atoms with E-state index in [0.29, 0.717) is 16.7 Å². The fourth-order valence-electron chi connectivity index (χ4n) is 1.22. The lowest BCUT2D eigenvalue weighted by atomic mass is 10.7. The Hall–Kier alpha value is -0.870. The van der Waals surface area contributed by atoms with E-state index in [-0.39, 0.29) is 11.7 Å². The normalized spacial score (nSPS) is 14.5. The Balaban J connectivity index is 1.88. The van der Waals surface area contributed by atoms with Gasteiger partial charge < -0.3 is 10.6 Å². The Bertz CT molecular complexity index is 490. The average Bonchev–Trinajstić information content (AvgIpc) is 3.04. The number of thioether (sulfide) groups is 3. The van der Waals surface area contributed by atoms with Gasteiger partial charge in [0.15, 0.2) is 5.82 Å². The zero-order valence-corrected chi connectivity index (χ0v) is 12.7. The van der Waals surface area contributed by atoms with Crippen molar-refractivity contribution in [2.45, 2.75) is 10.9 Å². The maximum atomic E-state index is 11.0. The molecule has 19 heavy (non-hydrogen) atoms. The molecule has 2 heterocycles. The van der Waals surface area contributed by atoms with Crippen molar-refractivity contribution in [1.29, 1.82) is 0 Å². The fourth-order valence-corrected chi connectivity index (χ4v) is 3.86. The first-order valence-corrected chi connectivity index (χ1v) is 8.35. The first-order valence-electron chi connectivity index (χ1n) is 5.39. The van der Waals surface area contributed by atoms with E-state index in [1.54, 1.807) is 23.5 Å². The van der Waals surface area contributed by atoms with Gasteiger partial charge in [-0.15, -0.1) is 10.2 Å². The summed E-state index contributed by atoms with van der Waals surface area (Å²) < 4.78 is 7.02. The largest absolute Gasteiger partial charge is 0.468 e. The van der Waals surface area contributed by atoms with Crippen LogP contribution >= 0.6 is 35.3 Å². The van der Waals surface area contributed by atoms with Crippen LogP contribution in [0.1, 0.15) is 5.82 Å². The van der Waals surface area contributed by atoms with Gasteiger partial charge in [-0.2, -0.15) is 0 Å². The number of aliphatic imine (C=N–C) groups is 1. The van der Waals surface area contributed by atoms with Crippen LogP contribution in [0, 0.1) is 0 Å². The molecule has 1 aromatic rings. The van der Waals surface area contributed by atoms with E-state index in [9.17, 15) is 4.79 Å². The number of esters is 1. The van der Waals surface area contributed by atoms with Crippen molar-refractivity contribution < 1.29 is 9.53 Å². The standard InChI is InChI=1S/C9H13N5O2S3/c1-16-7(15)5-18-8-13-12-6(14(8)10)4-19-9-11-2-3-17-9/h2-5,10H2,1H3. The van der Waals surface area contributed by atoms with Gasteiger partial charge in [0, 0.05) is 5.75 Å². The van der Waals surface area contributed by atoms with E-state index < -0.39 is 0 Å². The minimum Gasteiger partial charge on any atom is -0.468 e. The molecule has 10 heteroatoms. The van der Waals surface area contributed by atoms with Gasteiger partial charge in [-0.05, 0) is 0 Å². The smallest absolute Gasteiger partial charge is 0.316 e. The summed E-state index contributed by atoms with van der Waals surface area (Å²) in [6.45, 7) is 0.878. The highest BCUT2D eigenvalue weighted by molar-refractivity contribution is 8.38. The van der Waals surface area contributed by atoms with Crippen molar-refractivity contribution in [2.75, 3.05) is 31.0 Å². The number of carbonyl (C=O) groups is 1. The molecule has 104 valence electrons. The SMILES string of the molecule is COC(=O)CSc1nnc(CSC2=NCCS2)n1N. The number of aromatic nitrogens is 3. The molecular weight excluding hydrogens is 306 g/mol. The van der Waals surface area contributed by atoms with Gasteiger partial charge in [0.25, 0.3) is 0 Å². The fraction of sp³-hybridized carbons (Fsp3) is 0.556. The van der Waals surface area contributed by atoms with Crippen LogP contribution in [0.5, 0.6) is 0 Å². The summed E-state index contributed by atoms with van der Waals surface area (Å²) in [4.78, 5) is 15.4. The number of hydrogen-bond donors (Lipinski definition) is 1. The van der Waals surface area contributed by atoms with Gasteiger partial charge in [-0.25, -0.2) is 4.68 Å². The van der Waals surface area contributed by atoms with Crippen LogP contribution in [0.2, 0.25) is 0 Å². The number of nitrogens with two attached hydrogens (primary N) is 1. The topological polar surface area (TPSA) is 95.4 Å². The van der Waals surface area contributed by atoms with Gasteiger partial charge in [-0.3, -0.25) is 9.79 Å². The van der Waals surface area contributed by atoms with E-state index in [1.165, 1.54) is 23.5 Å². The first kappa shape index (κ1) is 14.5. The molecule has 1 aromatic heterocycles. The third-order valence-electron chi connectivity index (χ3n) is 2.16. The van der Waals surface area contributed by atoms with Gasteiger partial charge in [0.1, 0.15) is 4.38 Å². The van der Waals surface area contributed by atoms with E-state index in [2.05, 4.69) is 19.9 Å². The van der Waals surface area contributed by atoms with Crippen LogP contribution in [-0.4, -0.2) is 50.4 Å². The summed E-state index contributed by atoms with van der Waals surface area (Å²) in [5.41, 5.74) is 0. The maximum absolute atomic E-state index is 11.0. The summed E-state index contributed by atoms with van der Waals surface area (Å²) >= 11 is 4.55. The van der Waals surface area contributed by atoms with Crippen LogP contribution in [0.4, 0.5) is 0 Å². The molecule has 0 aromatic carbocycles. The number of hydrogen-bond acceptors (Lipinski definition) is 9. The maximum Gasteiger partial charge on any atom is 0.316 e. The quantitative estimate of drug-likeness (QED) is 0.479. The lowest BCUT2D eigenvalue weighted by Crippen LogP contribution is -2.14. The van der Waals surface area contributed by atoms with Crippen molar-refractivity contribution in [3.05, 3.63) is 5.82 Å². The number of nitrogens with zero attached hydrogens (tertiary/aromatic N) is 4. The van der Waals surface area contributed by atoms with E-state index in [0.717, 1.165) is 16.7 Å². The van der Waals surface area contributed by atoms with E-state index in [4.69, 9.17) is 5.84 Å². The van der Waals surface area contributed by atoms with Crippen LogP contribution in [0.3, 0.4) is 0 Å². The molecule has 0 saturated heterocycles. The highest BCUT2D eigenvalue weighted by Crippen LogP contribution is 2.25. The second-order valence-corrected chi connectivity index (χ2v) is 6.67. The van der Waals surface area contributed by atoms with Crippen LogP contribution in [0.25, 0.3) is 0 Å². The summed E-state index contributed by atoms with van der Waals surface area (Å²) in [5, 5.41) is 8.46. The lowest BCUT2D eigenvalue weighted by molar-refractivity contribution is -0.137. The minimum absolute atomic E-state index is 0.168. The van der Waals surface area contributed by atoms with Crippen molar-refractivity contribution in [2.24, 2.45) is 4.99 Å². The molecule has 0 bridgehead atoms. The predicted molar refractivity (Wildman–Crippen MR) is 79.0 cm³/mol. The second-order valence-electron chi connectivity index (χ2n) is 3.42. The first-order chi connectivity index (χ1) is 9.20. The Morgan fingerprint density at radius 1 is 1.53 bits per heavy atom. The highest BCUT2D eigenvalue weighted by Gasteiger charge is 2.14. The third kappa shape index (κ3) is 4.05. The summed E-state index contributed by atoms with van der Waals surface area (Å²) in [6, 6.07) is 0. The highest BCUT2D eigenvalue weighted by atomic mass is 32.2. The summed E-state index contributed by atoms with van der Waals surface area (Å²) in [7, 11) is 1.35. The molecule has 2 rings (SSSR count). The van der Waals surface area contributed by atoms with Gasteiger partial charge in [-0.1, -0.05) is 35.3 Å². The number of ether oxygens (including phenoxy) is 1. The van der Waals surface area contributed by atoms with E-state index >= 15 is 0 Å². The Morgan fingerprint density at radius 3 is 3.05 bits per heavy atom. The monoisotopic (exact) mass is 319 g/mol. The predicted octanol–water partition coefficient (Wildman–Crippen LogP) is 0.593. The molecule has 0 atom stereocenters. The van der Waals surface area contributed by atoms with Crippen molar-refractivity contribution in [3.63, 3.8) is 0 Å². The molecular formula is C9H13N5O2S3. The molecule has 1 aliphatic rings. The average molecular weight is 319 g/mol. The molecule has 0 fully saturated rings. The number of methoxy groups -OCH3 is 1. The van der Waals surface area contributed by atoms with Crippen LogP contribution in [0.15, 0.2) is 10.1 Å². The number of nitrogen functional groups attached to an aromatic ring is 1. The molecule has 0 radical (unpaired) electrons. The van der Waals surface area contributed by atoms with Crippen LogP contribution < -0.4 is 5.84 Å². The third-order valence-corrected chi connectivity index (χ3v) is 5.33. The van der Waals surface area contributed by atoms with Crippen molar-refractivity contribution >= 4 is 45.6 Å². The summed E-state index contributed by atoms with van der Waals surface area (Å²) in [5.74, 6) is 8.04. The van der Waals surface area contributed by atoms with Crippen molar-refractivity contribution in [1.82, 2.24) is 14.9 Å². The lowest BCUT2D eigenvalue weighted by Gasteiger charge is -2.02. The van der Waals surface area contributed by atoms with Gasteiger partial charge in [0.05, 0.1) is 25.2 Å². The Labute approximate surface area is 123 Å². The van der Waals surface area contributed by atoms with Gasteiger partial charge >= 0.3 is 5.97 Å². The van der Waals surface area contributed by atoms with Crippen molar-refractivity contribution in [3.8, 4) is 0 Å². The second kappa shape index (κ2) is 7.06. The Morgan fingerprint density at radius 2 is 2.37 bits per heavy atom. The zero-order valence-electron chi connectivity index (χ0n) is 10.2. The molecule has 7 nitrogen and oxygen atoms in total. The van der Waals surface area contributed by atoms with Crippen LogP contribution in [-0.2, 0) is 15.3 Å². The molecule has 0 unspecified atom stereocenters. The van der Waals surface area contributed by atoms with Gasteiger partial charge in [0.2, 0.25) is 5.16 Å². The Kier molecular flexibility index (Phi) is 5.40. The molecule has 0 spiro atoms. The molecule has 1 aliphatic heterocycles. The molecule has 0 amide bonds. The molecule has 0 aliphatic carbocycles. The minimum atomic E-state index is -0.319. The number of carbonyl (C=O) groups excluding carboxylic acids is 1. The number of rotatable bonds is 5. The summed E-state index contributed by atoms with van der Waals surface area (Å²) in [6.07, 6.45) is 0. The molecule has 2 N–H and O–H groups in total. The molecule has 0 saturated carbocycles. The van der Waals surface area contributed by atoms with E-state index in [1.807, 2.05) is 0 Å².